The standard InChI is InChI=1S/C28H24N4O3S/c1-17-26-20(19-12-13-22(23(14-19)34-2)35-16-18-8-4-3-5-9-18)15-25(33)30-27(26)32(31-17)28-29-21-10-6-7-11-24(21)36-28/h3-14,20H,15-16H2,1-2H3,(H,30,33). The van der Waals surface area contributed by atoms with Gasteiger partial charge in [0.25, 0.3) is 0 Å². The number of carbonyl (C=O) groups is 1. The molecule has 0 radical (unpaired) electrons. The molecule has 1 unspecified atom stereocenters. The van der Waals surface area contributed by atoms with E-state index in [2.05, 4.69) is 5.32 Å². The van der Waals surface area contributed by atoms with Gasteiger partial charge in [-0.05, 0) is 42.3 Å². The van der Waals surface area contributed by atoms with Gasteiger partial charge in [0.1, 0.15) is 12.4 Å². The lowest BCUT2D eigenvalue weighted by atomic mass is 9.85. The van der Waals surface area contributed by atoms with Crippen molar-refractivity contribution in [2.45, 2.75) is 25.9 Å². The second-order valence-corrected chi connectivity index (χ2v) is 9.72. The van der Waals surface area contributed by atoms with E-state index >= 15 is 0 Å². The molecule has 8 heteroatoms. The number of nitrogens with one attached hydrogen (secondary N) is 1. The number of hydrogen-bond acceptors (Lipinski definition) is 6. The van der Waals surface area contributed by atoms with Gasteiger partial charge in [-0.2, -0.15) is 9.78 Å². The number of nitrogens with zero attached hydrogens (tertiary/aromatic N) is 3. The summed E-state index contributed by atoms with van der Waals surface area (Å²) in [6.45, 7) is 2.42. The fourth-order valence-corrected chi connectivity index (χ4v) is 5.60. The molecule has 0 aliphatic carbocycles. The zero-order valence-corrected chi connectivity index (χ0v) is 20.7. The predicted octanol–water partition coefficient (Wildman–Crippen LogP) is 5.85. The molecule has 180 valence electrons. The van der Waals surface area contributed by atoms with Crippen molar-refractivity contribution >= 4 is 33.3 Å². The number of benzene rings is 3. The number of methoxy groups -OCH3 is 1. The molecule has 5 aromatic rings. The topological polar surface area (TPSA) is 78.3 Å². The Hall–Kier alpha value is -4.17. The third-order valence-electron chi connectivity index (χ3n) is 6.39. The summed E-state index contributed by atoms with van der Waals surface area (Å²) < 4.78 is 14.5. The highest BCUT2D eigenvalue weighted by atomic mass is 32.1. The summed E-state index contributed by atoms with van der Waals surface area (Å²) in [6, 6.07) is 23.9. The van der Waals surface area contributed by atoms with Gasteiger partial charge in [-0.25, -0.2) is 4.98 Å². The first-order chi connectivity index (χ1) is 17.6. The first-order valence-corrected chi connectivity index (χ1v) is 12.5. The number of amides is 1. The van der Waals surface area contributed by atoms with Crippen molar-refractivity contribution in [1.29, 1.82) is 0 Å². The quantitative estimate of drug-likeness (QED) is 0.319. The highest BCUT2D eigenvalue weighted by Crippen LogP contribution is 2.43. The Bertz CT molecular complexity index is 1540. The van der Waals surface area contributed by atoms with Crippen molar-refractivity contribution in [3.63, 3.8) is 0 Å². The maximum atomic E-state index is 12.8. The Balaban J connectivity index is 1.36. The minimum absolute atomic E-state index is 0.0573. The van der Waals surface area contributed by atoms with Gasteiger partial charge in [0, 0.05) is 17.9 Å². The molecule has 1 aliphatic heterocycles. The molecule has 1 amide bonds. The van der Waals surface area contributed by atoms with Crippen LogP contribution in [0.4, 0.5) is 5.82 Å². The number of anilines is 1. The largest absolute Gasteiger partial charge is 0.493 e. The SMILES string of the molecule is COc1cc(C2CC(=O)Nc3c2c(C)nn3-c2nc3ccccc3s2)ccc1OCc1ccccc1. The van der Waals surface area contributed by atoms with Crippen molar-refractivity contribution < 1.29 is 14.3 Å². The van der Waals surface area contributed by atoms with Gasteiger partial charge >= 0.3 is 0 Å². The van der Waals surface area contributed by atoms with Gasteiger partial charge in [0.15, 0.2) is 11.5 Å². The summed E-state index contributed by atoms with van der Waals surface area (Å²) in [4.78, 5) is 17.6. The molecule has 3 heterocycles. The summed E-state index contributed by atoms with van der Waals surface area (Å²) in [5.41, 5.74) is 4.82. The van der Waals surface area contributed by atoms with Crippen LogP contribution in [-0.4, -0.2) is 27.8 Å². The van der Waals surface area contributed by atoms with Gasteiger partial charge in [-0.3, -0.25) is 4.79 Å². The summed E-state index contributed by atoms with van der Waals surface area (Å²) in [6.07, 6.45) is 0.326. The monoisotopic (exact) mass is 496 g/mol. The molecule has 1 atom stereocenters. The molecular formula is C28H24N4O3S. The van der Waals surface area contributed by atoms with Crippen LogP contribution < -0.4 is 14.8 Å². The Morgan fingerprint density at radius 3 is 2.67 bits per heavy atom. The molecule has 0 saturated heterocycles. The van der Waals surface area contributed by atoms with Crippen molar-refractivity contribution in [2.24, 2.45) is 0 Å². The van der Waals surface area contributed by atoms with E-state index in [1.165, 1.54) is 0 Å². The zero-order valence-electron chi connectivity index (χ0n) is 19.9. The number of rotatable bonds is 6. The summed E-state index contributed by atoms with van der Waals surface area (Å²) in [7, 11) is 1.63. The first kappa shape index (κ1) is 22.3. The number of thiazole rings is 1. The van der Waals surface area contributed by atoms with E-state index in [9.17, 15) is 4.79 Å². The number of hydrogen-bond donors (Lipinski definition) is 1. The minimum atomic E-state index is -0.158. The van der Waals surface area contributed by atoms with E-state index < -0.39 is 0 Å². The molecule has 2 aromatic heterocycles. The van der Waals surface area contributed by atoms with Gasteiger partial charge in [0.2, 0.25) is 11.0 Å². The van der Waals surface area contributed by atoms with E-state index in [0.29, 0.717) is 30.3 Å². The molecule has 0 bridgehead atoms. The van der Waals surface area contributed by atoms with Crippen LogP contribution in [0.25, 0.3) is 15.3 Å². The molecule has 36 heavy (non-hydrogen) atoms. The van der Waals surface area contributed by atoms with Crippen LogP contribution in [-0.2, 0) is 11.4 Å². The third kappa shape index (κ3) is 3.99. The molecule has 6 rings (SSSR count). The number of carbonyl (C=O) groups excluding carboxylic acids is 1. The number of aryl methyl sites for hydroxylation is 1. The summed E-state index contributed by atoms with van der Waals surface area (Å²) >= 11 is 1.55. The normalized spacial score (nSPS) is 14.9. The van der Waals surface area contributed by atoms with E-state index in [-0.39, 0.29) is 11.8 Å². The van der Waals surface area contributed by atoms with Gasteiger partial charge in [-0.1, -0.05) is 59.9 Å². The van der Waals surface area contributed by atoms with E-state index in [4.69, 9.17) is 19.6 Å². The van der Waals surface area contributed by atoms with Crippen molar-refractivity contribution in [3.05, 3.63) is 95.2 Å². The molecule has 1 aliphatic rings. The van der Waals surface area contributed by atoms with Crippen LogP contribution in [0.15, 0.2) is 72.8 Å². The van der Waals surface area contributed by atoms with E-state index in [0.717, 1.165) is 37.7 Å². The van der Waals surface area contributed by atoms with E-state index in [1.54, 1.807) is 23.1 Å². The molecule has 0 spiro atoms. The van der Waals surface area contributed by atoms with Crippen LogP contribution in [0.3, 0.4) is 0 Å². The van der Waals surface area contributed by atoms with Crippen LogP contribution >= 0.6 is 11.3 Å². The Morgan fingerprint density at radius 2 is 1.86 bits per heavy atom. The second kappa shape index (κ2) is 9.13. The Morgan fingerprint density at radius 1 is 1.06 bits per heavy atom. The molecular weight excluding hydrogens is 472 g/mol. The number of fused-ring (bicyclic) bond motifs is 2. The maximum Gasteiger partial charge on any atom is 0.226 e. The second-order valence-electron chi connectivity index (χ2n) is 8.71. The number of aromatic nitrogens is 3. The molecule has 1 N–H and O–H groups in total. The highest BCUT2D eigenvalue weighted by molar-refractivity contribution is 7.20. The Kier molecular flexibility index (Phi) is 5.65. The van der Waals surface area contributed by atoms with Crippen molar-refractivity contribution in [3.8, 4) is 16.6 Å². The molecule has 0 saturated carbocycles. The lowest BCUT2D eigenvalue weighted by molar-refractivity contribution is -0.116. The van der Waals surface area contributed by atoms with Gasteiger partial charge in [0.05, 0.1) is 23.0 Å². The van der Waals surface area contributed by atoms with Crippen LogP contribution in [0.2, 0.25) is 0 Å². The lowest BCUT2D eigenvalue weighted by Crippen LogP contribution is -2.25. The van der Waals surface area contributed by atoms with Crippen molar-refractivity contribution in [2.75, 3.05) is 12.4 Å². The van der Waals surface area contributed by atoms with Crippen LogP contribution in [0, 0.1) is 6.92 Å². The smallest absolute Gasteiger partial charge is 0.226 e. The predicted molar refractivity (Wildman–Crippen MR) is 140 cm³/mol. The first-order valence-electron chi connectivity index (χ1n) is 11.7. The van der Waals surface area contributed by atoms with Crippen LogP contribution in [0.5, 0.6) is 11.5 Å². The maximum absolute atomic E-state index is 12.8. The fourth-order valence-electron chi connectivity index (χ4n) is 4.68. The third-order valence-corrected chi connectivity index (χ3v) is 7.41. The Labute approximate surface area is 212 Å². The number of ether oxygens (including phenoxy) is 2. The van der Waals surface area contributed by atoms with Crippen molar-refractivity contribution in [1.82, 2.24) is 14.8 Å². The average molecular weight is 497 g/mol. The fraction of sp³-hybridized carbons (Fsp3) is 0.179. The summed E-state index contributed by atoms with van der Waals surface area (Å²) in [5.74, 6) is 1.75. The van der Waals surface area contributed by atoms with Gasteiger partial charge in [-0.15, -0.1) is 0 Å². The molecule has 3 aromatic carbocycles. The average Bonchev–Trinajstić information content (AvgIpc) is 3.48. The molecule has 0 fully saturated rings. The lowest BCUT2D eigenvalue weighted by Gasteiger charge is -2.25. The zero-order chi connectivity index (χ0) is 24.6. The highest BCUT2D eigenvalue weighted by Gasteiger charge is 2.33. The minimum Gasteiger partial charge on any atom is -0.493 e. The van der Waals surface area contributed by atoms with E-state index in [1.807, 2.05) is 79.7 Å². The van der Waals surface area contributed by atoms with Gasteiger partial charge < -0.3 is 14.8 Å². The molecule has 7 nitrogen and oxygen atoms in total. The van der Waals surface area contributed by atoms with Crippen LogP contribution in [0.1, 0.15) is 34.7 Å². The number of para-hydroxylation sites is 1. The summed E-state index contributed by atoms with van der Waals surface area (Å²) in [5, 5.41) is 8.55.